The standard InChI is InChI=1S/C22H34N2O3S.C13H18N2.ClH/c1-20(2,3)27-19(25)24-13-11-22(12-14-24)15-16-9-7-8-10-17(16)18(22)23-28(26)21(4,5)6;14-12-11-4-2-1-3-10(11)9-13(12)5-7-15-8-6-13;/h7-10,18,23H,11-15H2,1-6H3;1-4,12,15H,5-9,14H2;1H/t18-,28?;12-;/m11./s1. The number of benzene rings is 2. The summed E-state index contributed by atoms with van der Waals surface area (Å²) in [6, 6.07) is 17.5. The Bertz CT molecular complexity index is 1320. The normalized spacial score (nSPS) is 24.0. The lowest BCUT2D eigenvalue weighted by Gasteiger charge is -2.44. The molecule has 0 saturated carbocycles. The number of hydrogen-bond acceptors (Lipinski definition) is 5. The summed E-state index contributed by atoms with van der Waals surface area (Å²) in [4.78, 5) is 14.3. The fraction of sp³-hybridized carbons (Fsp3) is 0.629. The highest BCUT2D eigenvalue weighted by atomic mass is 35.5. The molecule has 9 heteroatoms. The Morgan fingerprint density at radius 1 is 0.886 bits per heavy atom. The van der Waals surface area contributed by atoms with Gasteiger partial charge in [0.2, 0.25) is 0 Å². The van der Waals surface area contributed by atoms with Gasteiger partial charge in [-0.1, -0.05) is 48.5 Å². The number of carbonyl (C=O) groups is 1. The molecule has 2 aromatic carbocycles. The monoisotopic (exact) mass is 644 g/mol. The lowest BCUT2D eigenvalue weighted by molar-refractivity contribution is 0.00724. The molecule has 2 heterocycles. The van der Waals surface area contributed by atoms with Gasteiger partial charge in [0, 0.05) is 19.1 Å². The van der Waals surface area contributed by atoms with Crippen LogP contribution in [0.4, 0.5) is 4.79 Å². The lowest BCUT2D eigenvalue weighted by Crippen LogP contribution is -2.49. The van der Waals surface area contributed by atoms with Gasteiger partial charge in [0.15, 0.2) is 0 Å². The quantitative estimate of drug-likeness (QED) is 0.352. The predicted molar refractivity (Wildman–Crippen MR) is 182 cm³/mol. The Labute approximate surface area is 273 Å². The predicted octanol–water partition coefficient (Wildman–Crippen LogP) is 6.39. The van der Waals surface area contributed by atoms with E-state index in [4.69, 9.17) is 10.5 Å². The van der Waals surface area contributed by atoms with Crippen molar-refractivity contribution in [3.05, 3.63) is 70.8 Å². The molecule has 1 unspecified atom stereocenters. The molecule has 2 aromatic rings. The number of hydrogen-bond donors (Lipinski definition) is 3. The molecule has 2 aliphatic carbocycles. The van der Waals surface area contributed by atoms with Crippen LogP contribution < -0.4 is 15.8 Å². The molecule has 4 N–H and O–H groups in total. The van der Waals surface area contributed by atoms with E-state index in [1.165, 1.54) is 41.5 Å². The zero-order valence-electron chi connectivity index (χ0n) is 27.4. The van der Waals surface area contributed by atoms with Crippen molar-refractivity contribution in [2.75, 3.05) is 26.2 Å². The molecule has 7 nitrogen and oxygen atoms in total. The van der Waals surface area contributed by atoms with Crippen LogP contribution in [0.1, 0.15) is 102 Å². The maximum atomic E-state index is 12.9. The molecule has 0 aromatic heterocycles. The van der Waals surface area contributed by atoms with Crippen molar-refractivity contribution in [1.29, 1.82) is 0 Å². The van der Waals surface area contributed by atoms with E-state index >= 15 is 0 Å². The van der Waals surface area contributed by atoms with E-state index in [2.05, 4.69) is 58.6 Å². The van der Waals surface area contributed by atoms with Crippen LogP contribution in [-0.4, -0.2) is 51.7 Å². The largest absolute Gasteiger partial charge is 0.444 e. The SMILES string of the molecule is CC(C)(C)OC(=O)N1CCC2(CC1)Cc1ccccc1[C@H]2NS(=O)C(C)(C)C.Cl.N[C@@H]1c2ccccc2CC12CCNCC2. The average molecular weight is 645 g/mol. The van der Waals surface area contributed by atoms with Gasteiger partial charge in [0.05, 0.1) is 21.8 Å². The minimum absolute atomic E-state index is 0. The third-order valence-corrected chi connectivity index (χ3v) is 11.5. The molecule has 44 heavy (non-hydrogen) atoms. The van der Waals surface area contributed by atoms with Gasteiger partial charge in [-0.25, -0.2) is 13.7 Å². The summed E-state index contributed by atoms with van der Waals surface area (Å²) < 4.78 is 21.6. The van der Waals surface area contributed by atoms with Crippen LogP contribution in [0.5, 0.6) is 0 Å². The summed E-state index contributed by atoms with van der Waals surface area (Å²) in [5, 5.41) is 3.43. The molecule has 2 saturated heterocycles. The number of likely N-dealkylation sites (tertiary alicyclic amines) is 1. The van der Waals surface area contributed by atoms with Crippen LogP contribution in [0.3, 0.4) is 0 Å². The third kappa shape index (κ3) is 7.36. The molecular formula is C35H53ClN4O3S. The summed E-state index contributed by atoms with van der Waals surface area (Å²) in [6.07, 6.45) is 6.11. The first-order chi connectivity index (χ1) is 20.2. The number of rotatable bonds is 2. The fourth-order valence-corrected chi connectivity index (χ4v) is 8.36. The Kier molecular flexibility index (Phi) is 10.6. The van der Waals surface area contributed by atoms with E-state index in [-0.39, 0.29) is 40.7 Å². The minimum Gasteiger partial charge on any atom is -0.444 e. The lowest BCUT2D eigenvalue weighted by atomic mass is 9.73. The molecule has 6 rings (SSSR count). The van der Waals surface area contributed by atoms with Crippen molar-refractivity contribution in [2.24, 2.45) is 16.6 Å². The maximum Gasteiger partial charge on any atom is 0.410 e. The molecule has 2 fully saturated rings. The van der Waals surface area contributed by atoms with E-state index in [0.29, 0.717) is 18.5 Å². The summed E-state index contributed by atoms with van der Waals surface area (Å²) in [5.41, 5.74) is 11.7. The van der Waals surface area contributed by atoms with Crippen LogP contribution in [-0.2, 0) is 28.6 Å². The molecule has 2 aliphatic heterocycles. The first-order valence-corrected chi connectivity index (χ1v) is 17.2. The van der Waals surface area contributed by atoms with Crippen LogP contribution in [0.25, 0.3) is 0 Å². The molecule has 2 spiro atoms. The van der Waals surface area contributed by atoms with Gasteiger partial charge in [-0.2, -0.15) is 0 Å². The number of halogens is 1. The van der Waals surface area contributed by atoms with Gasteiger partial charge in [0.25, 0.3) is 0 Å². The highest BCUT2D eigenvalue weighted by Crippen LogP contribution is 2.52. The molecule has 0 radical (unpaired) electrons. The smallest absolute Gasteiger partial charge is 0.410 e. The minimum atomic E-state index is -1.15. The topological polar surface area (TPSA) is 96.7 Å². The van der Waals surface area contributed by atoms with Crippen LogP contribution in [0.15, 0.2) is 48.5 Å². The number of piperidine rings is 2. The van der Waals surface area contributed by atoms with Gasteiger partial charge in [-0.3, -0.25) is 0 Å². The Hall–Kier alpha value is -1.97. The van der Waals surface area contributed by atoms with Gasteiger partial charge in [-0.05, 0) is 126 Å². The van der Waals surface area contributed by atoms with E-state index in [9.17, 15) is 9.00 Å². The van der Waals surface area contributed by atoms with Crippen LogP contribution in [0, 0.1) is 10.8 Å². The molecule has 0 bridgehead atoms. The van der Waals surface area contributed by atoms with E-state index < -0.39 is 16.6 Å². The zero-order chi connectivity index (χ0) is 31.0. The average Bonchev–Trinajstić information content (AvgIpc) is 3.39. The van der Waals surface area contributed by atoms with Crippen molar-refractivity contribution in [1.82, 2.24) is 14.9 Å². The fourth-order valence-electron chi connectivity index (χ4n) is 7.42. The number of nitrogens with one attached hydrogen (secondary N) is 2. The van der Waals surface area contributed by atoms with Crippen molar-refractivity contribution < 1.29 is 13.7 Å². The van der Waals surface area contributed by atoms with Crippen molar-refractivity contribution >= 4 is 29.5 Å². The molecule has 4 aliphatic rings. The van der Waals surface area contributed by atoms with E-state index in [1.807, 2.05) is 46.4 Å². The maximum absolute atomic E-state index is 12.9. The van der Waals surface area contributed by atoms with Crippen LogP contribution >= 0.6 is 12.4 Å². The Morgan fingerprint density at radius 3 is 1.95 bits per heavy atom. The summed E-state index contributed by atoms with van der Waals surface area (Å²) in [7, 11) is -1.15. The van der Waals surface area contributed by atoms with Crippen molar-refractivity contribution in [2.45, 2.75) is 102 Å². The third-order valence-electron chi connectivity index (χ3n) is 9.90. The van der Waals surface area contributed by atoms with Gasteiger partial charge < -0.3 is 20.7 Å². The van der Waals surface area contributed by atoms with Gasteiger partial charge >= 0.3 is 6.09 Å². The number of nitrogens with two attached hydrogens (primary N) is 1. The highest BCUT2D eigenvalue weighted by molar-refractivity contribution is 7.84. The van der Waals surface area contributed by atoms with Crippen LogP contribution in [0.2, 0.25) is 0 Å². The Morgan fingerprint density at radius 2 is 1.41 bits per heavy atom. The second kappa shape index (κ2) is 13.4. The second-order valence-electron chi connectivity index (χ2n) is 15.1. The zero-order valence-corrected chi connectivity index (χ0v) is 29.0. The molecular weight excluding hydrogens is 592 g/mol. The van der Waals surface area contributed by atoms with Crippen molar-refractivity contribution in [3.63, 3.8) is 0 Å². The Balaban J connectivity index is 0.000000231. The first kappa shape index (κ1) is 34.9. The number of fused-ring (bicyclic) bond motifs is 2. The van der Waals surface area contributed by atoms with E-state index in [0.717, 1.165) is 32.4 Å². The van der Waals surface area contributed by atoms with E-state index in [1.54, 1.807) is 0 Å². The highest BCUT2D eigenvalue weighted by Gasteiger charge is 2.49. The first-order valence-electron chi connectivity index (χ1n) is 16.0. The summed E-state index contributed by atoms with van der Waals surface area (Å²) >= 11 is 0. The number of ether oxygens (including phenoxy) is 1. The van der Waals surface area contributed by atoms with Gasteiger partial charge in [-0.15, -0.1) is 12.4 Å². The number of nitrogens with zero attached hydrogens (tertiary/aromatic N) is 1. The second-order valence-corrected chi connectivity index (χ2v) is 17.1. The number of amides is 1. The summed E-state index contributed by atoms with van der Waals surface area (Å²) in [5.74, 6) is 0. The number of carbonyl (C=O) groups excluding carboxylic acids is 1. The molecule has 244 valence electrons. The molecule has 1 amide bonds. The molecule has 3 atom stereocenters. The van der Waals surface area contributed by atoms with Gasteiger partial charge in [0.1, 0.15) is 5.60 Å². The summed E-state index contributed by atoms with van der Waals surface area (Å²) in [6.45, 7) is 15.3. The van der Waals surface area contributed by atoms with Crippen molar-refractivity contribution in [3.8, 4) is 0 Å².